The minimum Gasteiger partial charge on any atom is -0.177 e. The Morgan fingerprint density at radius 3 is 1.38 bits per heavy atom. The van der Waals surface area contributed by atoms with Crippen molar-refractivity contribution in [1.82, 2.24) is 20.6 Å². The molecule has 1 N–H and O–H groups in total. The zero-order valence-corrected chi connectivity index (χ0v) is 16.1. The van der Waals surface area contributed by atoms with E-state index < -0.39 is 0 Å². The van der Waals surface area contributed by atoms with Gasteiger partial charge in [0.25, 0.3) is 0 Å². The fourth-order valence-electron chi connectivity index (χ4n) is 3.30. The lowest BCUT2D eigenvalue weighted by molar-refractivity contribution is 0.526. The Hall–Kier alpha value is -0.930. The van der Waals surface area contributed by atoms with Crippen LogP contribution in [0.2, 0.25) is 0 Å². The molecule has 0 fully saturated rings. The molecule has 1 rings (SSSR count). The molecule has 4 heteroatoms. The van der Waals surface area contributed by atoms with E-state index in [1.807, 2.05) is 0 Å². The highest BCUT2D eigenvalue weighted by atomic mass is 15.5. The molecule has 0 spiro atoms. The number of aromatic nitrogens is 4. The van der Waals surface area contributed by atoms with Crippen molar-refractivity contribution in [3.8, 4) is 0 Å². The molecule has 4 nitrogen and oxygen atoms in total. The van der Waals surface area contributed by atoms with Gasteiger partial charge in [0, 0.05) is 6.42 Å². The number of nitrogens with one attached hydrogen (secondary N) is 1. The average molecular weight is 337 g/mol. The topological polar surface area (TPSA) is 54.5 Å². The lowest BCUT2D eigenvalue weighted by Crippen LogP contribution is -1.89. The second-order valence-electron chi connectivity index (χ2n) is 7.23. The second-order valence-corrected chi connectivity index (χ2v) is 7.23. The maximum absolute atomic E-state index is 3.98. The van der Waals surface area contributed by atoms with Gasteiger partial charge in [-0.2, -0.15) is 5.21 Å². The third kappa shape index (κ3) is 13.5. The molecule has 0 aliphatic heterocycles. The number of hydrogen-bond donors (Lipinski definition) is 1. The van der Waals surface area contributed by atoms with Crippen LogP contribution in [0.1, 0.15) is 122 Å². The van der Waals surface area contributed by atoms with Crippen LogP contribution in [0.5, 0.6) is 0 Å². The quantitative estimate of drug-likeness (QED) is 0.316. The molecule has 0 aliphatic rings. The highest BCUT2D eigenvalue weighted by molar-refractivity contribution is 4.74. The van der Waals surface area contributed by atoms with Crippen molar-refractivity contribution in [3.05, 3.63) is 5.82 Å². The second kappa shape index (κ2) is 16.9. The first-order valence-corrected chi connectivity index (χ1v) is 10.7. The third-order valence-electron chi connectivity index (χ3n) is 4.89. The fourth-order valence-corrected chi connectivity index (χ4v) is 3.30. The summed E-state index contributed by atoms with van der Waals surface area (Å²) in [5.41, 5.74) is 0. The van der Waals surface area contributed by atoms with Gasteiger partial charge in [0.2, 0.25) is 0 Å². The van der Waals surface area contributed by atoms with Gasteiger partial charge in [-0.1, -0.05) is 115 Å². The Labute approximate surface area is 149 Å². The summed E-state index contributed by atoms with van der Waals surface area (Å²) in [4.78, 5) is 0. The maximum Gasteiger partial charge on any atom is 0.174 e. The number of unbranched alkanes of at least 4 members (excludes halogenated alkanes) is 16. The van der Waals surface area contributed by atoms with Crippen molar-refractivity contribution in [2.45, 2.75) is 122 Å². The van der Waals surface area contributed by atoms with Crippen LogP contribution in [0, 0.1) is 0 Å². The van der Waals surface area contributed by atoms with Crippen LogP contribution >= 0.6 is 0 Å². The van der Waals surface area contributed by atoms with E-state index in [1.165, 1.54) is 109 Å². The standard InChI is InChI=1S/C20H40N4/c1-2-3-4-5-6-7-8-9-10-11-12-13-14-15-16-17-18-19-20-21-23-24-22-20/h2-19H2,1H3,(H,21,22,23,24). The van der Waals surface area contributed by atoms with Crippen molar-refractivity contribution in [1.29, 1.82) is 0 Å². The number of nitrogens with zero attached hydrogens (tertiary/aromatic N) is 3. The van der Waals surface area contributed by atoms with E-state index in [4.69, 9.17) is 0 Å². The van der Waals surface area contributed by atoms with Crippen molar-refractivity contribution >= 4 is 0 Å². The molecule has 0 unspecified atom stereocenters. The predicted molar refractivity (Wildman–Crippen MR) is 102 cm³/mol. The summed E-state index contributed by atoms with van der Waals surface area (Å²) in [7, 11) is 0. The SMILES string of the molecule is CCCCCCCCCCCCCCCCCCCc1nn[nH]n1. The number of rotatable bonds is 18. The predicted octanol–water partition coefficient (Wildman–Crippen LogP) is 6.39. The van der Waals surface area contributed by atoms with Crippen LogP contribution in [-0.2, 0) is 6.42 Å². The van der Waals surface area contributed by atoms with Gasteiger partial charge in [-0.15, -0.1) is 10.2 Å². The normalized spacial score (nSPS) is 11.2. The first-order chi connectivity index (χ1) is 11.9. The summed E-state index contributed by atoms with van der Waals surface area (Å²) in [5.74, 6) is 0.857. The molecule has 0 atom stereocenters. The Bertz CT molecular complexity index is 337. The maximum atomic E-state index is 3.98. The van der Waals surface area contributed by atoms with E-state index in [2.05, 4.69) is 27.5 Å². The largest absolute Gasteiger partial charge is 0.177 e. The van der Waals surface area contributed by atoms with Crippen LogP contribution in [0.3, 0.4) is 0 Å². The molecule has 1 aromatic heterocycles. The van der Waals surface area contributed by atoms with Crippen molar-refractivity contribution < 1.29 is 0 Å². The van der Waals surface area contributed by atoms with Crippen LogP contribution in [-0.4, -0.2) is 20.6 Å². The summed E-state index contributed by atoms with van der Waals surface area (Å²) in [5, 5.41) is 14.0. The molecule has 0 aromatic carbocycles. The van der Waals surface area contributed by atoms with E-state index in [0.29, 0.717) is 0 Å². The summed E-state index contributed by atoms with van der Waals surface area (Å²) in [6.45, 7) is 2.29. The van der Waals surface area contributed by atoms with E-state index in [1.54, 1.807) is 0 Å². The fraction of sp³-hybridized carbons (Fsp3) is 0.950. The van der Waals surface area contributed by atoms with Crippen molar-refractivity contribution in [3.63, 3.8) is 0 Å². The lowest BCUT2D eigenvalue weighted by Gasteiger charge is -2.03. The number of hydrogen-bond acceptors (Lipinski definition) is 3. The van der Waals surface area contributed by atoms with Crippen LogP contribution in [0.15, 0.2) is 0 Å². The van der Waals surface area contributed by atoms with E-state index in [-0.39, 0.29) is 0 Å². The molecule has 1 aromatic rings. The molecule has 0 saturated carbocycles. The van der Waals surface area contributed by atoms with E-state index in [0.717, 1.165) is 12.2 Å². The number of H-pyrrole nitrogens is 1. The Morgan fingerprint density at radius 1 is 0.583 bits per heavy atom. The highest BCUT2D eigenvalue weighted by Gasteiger charge is 1.98. The van der Waals surface area contributed by atoms with Gasteiger partial charge in [-0.25, -0.2) is 0 Å². The average Bonchev–Trinajstić information content (AvgIpc) is 3.11. The summed E-state index contributed by atoms with van der Waals surface area (Å²) in [6, 6.07) is 0. The third-order valence-corrected chi connectivity index (χ3v) is 4.89. The number of tetrazole rings is 1. The Kier molecular flexibility index (Phi) is 14.9. The minimum absolute atomic E-state index is 0.857. The molecule has 0 saturated heterocycles. The van der Waals surface area contributed by atoms with Crippen LogP contribution in [0.25, 0.3) is 0 Å². The minimum atomic E-state index is 0.857. The van der Waals surface area contributed by atoms with Crippen LogP contribution in [0.4, 0.5) is 0 Å². The number of aryl methyl sites for hydroxylation is 1. The van der Waals surface area contributed by atoms with Gasteiger partial charge in [0.15, 0.2) is 5.82 Å². The highest BCUT2D eigenvalue weighted by Crippen LogP contribution is 2.14. The first kappa shape index (κ1) is 21.1. The number of aromatic amines is 1. The van der Waals surface area contributed by atoms with Gasteiger partial charge in [-0.3, -0.25) is 0 Å². The summed E-state index contributed by atoms with van der Waals surface area (Å²) < 4.78 is 0. The molecule has 140 valence electrons. The molecule has 0 amide bonds. The Morgan fingerprint density at radius 2 is 1.00 bits per heavy atom. The van der Waals surface area contributed by atoms with Gasteiger partial charge >= 0.3 is 0 Å². The first-order valence-electron chi connectivity index (χ1n) is 10.7. The van der Waals surface area contributed by atoms with Gasteiger partial charge in [-0.05, 0) is 6.42 Å². The van der Waals surface area contributed by atoms with E-state index in [9.17, 15) is 0 Å². The molecule has 24 heavy (non-hydrogen) atoms. The molecular formula is C20H40N4. The molecular weight excluding hydrogens is 296 g/mol. The van der Waals surface area contributed by atoms with Gasteiger partial charge in [0.1, 0.15) is 0 Å². The zero-order chi connectivity index (χ0) is 17.1. The zero-order valence-electron chi connectivity index (χ0n) is 16.1. The molecule has 0 radical (unpaired) electrons. The lowest BCUT2D eigenvalue weighted by atomic mass is 10.0. The van der Waals surface area contributed by atoms with Gasteiger partial charge in [0.05, 0.1) is 0 Å². The summed E-state index contributed by atoms with van der Waals surface area (Å²) in [6.07, 6.45) is 25.0. The van der Waals surface area contributed by atoms with Crippen molar-refractivity contribution in [2.75, 3.05) is 0 Å². The Balaban J connectivity index is 1.66. The summed E-state index contributed by atoms with van der Waals surface area (Å²) >= 11 is 0. The monoisotopic (exact) mass is 336 g/mol. The van der Waals surface area contributed by atoms with Gasteiger partial charge < -0.3 is 0 Å². The van der Waals surface area contributed by atoms with E-state index >= 15 is 0 Å². The van der Waals surface area contributed by atoms with Crippen molar-refractivity contribution in [2.24, 2.45) is 0 Å². The smallest absolute Gasteiger partial charge is 0.174 e. The van der Waals surface area contributed by atoms with Crippen LogP contribution < -0.4 is 0 Å². The molecule has 0 bridgehead atoms. The molecule has 1 heterocycles. The molecule has 0 aliphatic carbocycles.